The van der Waals surface area contributed by atoms with E-state index in [0.717, 1.165) is 0 Å². The molecule has 1 fully saturated rings. The first-order chi connectivity index (χ1) is 15.9. The summed E-state index contributed by atoms with van der Waals surface area (Å²) >= 11 is 5.77. The molecule has 1 unspecified atom stereocenters. The number of carboxylic acids is 1. The summed E-state index contributed by atoms with van der Waals surface area (Å²) in [6.45, 7) is 8.29. The number of carbonyl (C=O) groups excluding carboxylic acids is 1. The highest BCUT2D eigenvalue weighted by atomic mass is 35.5. The van der Waals surface area contributed by atoms with Crippen molar-refractivity contribution in [3.63, 3.8) is 0 Å². The number of halogens is 2. The quantitative estimate of drug-likeness (QED) is 0.439. The Morgan fingerprint density at radius 1 is 1.32 bits per heavy atom. The zero-order valence-electron chi connectivity index (χ0n) is 19.8. The molecule has 1 amide bonds. The third-order valence-electron chi connectivity index (χ3n) is 6.03. The van der Waals surface area contributed by atoms with Crippen molar-refractivity contribution in [1.29, 1.82) is 5.41 Å². The number of carbonyl (C=O) groups is 2. The fourth-order valence-corrected chi connectivity index (χ4v) is 4.41. The monoisotopic (exact) mass is 488 g/mol. The number of amides is 1. The van der Waals surface area contributed by atoms with Crippen LogP contribution in [0.25, 0.3) is 0 Å². The molecule has 2 aromatic rings. The molecule has 34 heavy (non-hydrogen) atoms. The number of nitrogens with zero attached hydrogens (tertiary/aromatic N) is 2. The predicted molar refractivity (Wildman–Crippen MR) is 131 cm³/mol. The van der Waals surface area contributed by atoms with Crippen LogP contribution in [0, 0.1) is 28.5 Å². The molecule has 1 aliphatic rings. The summed E-state index contributed by atoms with van der Waals surface area (Å²) in [5.74, 6) is -2.05. The maximum atomic E-state index is 13.9. The molecule has 9 heteroatoms. The Morgan fingerprint density at radius 2 is 2.03 bits per heavy atom. The van der Waals surface area contributed by atoms with Crippen molar-refractivity contribution in [3.8, 4) is 0 Å². The summed E-state index contributed by atoms with van der Waals surface area (Å²) in [5, 5.41) is 21.2. The molecule has 1 aliphatic heterocycles. The minimum atomic E-state index is -0.853. The molecule has 3 N–H and O–H groups in total. The fraction of sp³-hybridized carbons (Fsp3) is 0.440. The number of hydrogen-bond donors (Lipinski definition) is 3. The van der Waals surface area contributed by atoms with E-state index >= 15 is 0 Å². The van der Waals surface area contributed by atoms with Crippen LogP contribution in [-0.4, -0.2) is 45.7 Å². The third-order valence-corrected chi connectivity index (χ3v) is 6.33. The molecular formula is C25H30ClFN4O3. The maximum absolute atomic E-state index is 13.9. The summed E-state index contributed by atoms with van der Waals surface area (Å²) < 4.78 is 13.9. The lowest BCUT2D eigenvalue weighted by molar-refractivity contribution is -0.148. The van der Waals surface area contributed by atoms with Crippen LogP contribution in [0.3, 0.4) is 0 Å². The molecule has 1 aromatic carbocycles. The molecule has 0 spiro atoms. The van der Waals surface area contributed by atoms with Crippen molar-refractivity contribution < 1.29 is 19.1 Å². The molecule has 1 atom stereocenters. The Morgan fingerprint density at radius 3 is 2.62 bits per heavy atom. The van der Waals surface area contributed by atoms with Gasteiger partial charge in [0.2, 0.25) is 0 Å². The lowest BCUT2D eigenvalue weighted by Gasteiger charge is -2.42. The molecule has 7 nitrogen and oxygen atoms in total. The Balaban J connectivity index is 1.91. The van der Waals surface area contributed by atoms with Gasteiger partial charge >= 0.3 is 5.97 Å². The minimum Gasteiger partial charge on any atom is -0.481 e. The van der Waals surface area contributed by atoms with E-state index in [9.17, 15) is 19.1 Å². The van der Waals surface area contributed by atoms with Crippen molar-refractivity contribution in [3.05, 3.63) is 52.6 Å². The number of anilines is 2. The number of benzene rings is 1. The Labute approximate surface area is 203 Å². The Hall–Kier alpha value is -3.00. The number of nitrogens with one attached hydrogen (secondary N) is 2. The number of rotatable bonds is 7. The largest absolute Gasteiger partial charge is 0.481 e. The van der Waals surface area contributed by atoms with Crippen molar-refractivity contribution in [2.45, 2.75) is 40.5 Å². The van der Waals surface area contributed by atoms with Crippen molar-refractivity contribution in [2.75, 3.05) is 18.4 Å². The zero-order valence-corrected chi connectivity index (χ0v) is 20.5. The van der Waals surface area contributed by atoms with Crippen LogP contribution < -0.4 is 5.32 Å². The smallest absolute Gasteiger partial charge is 0.307 e. The number of likely N-dealkylation sites (tertiary alicyclic amines) is 1. The van der Waals surface area contributed by atoms with Crippen molar-refractivity contribution in [1.82, 2.24) is 9.88 Å². The van der Waals surface area contributed by atoms with E-state index in [2.05, 4.69) is 10.3 Å². The first-order valence-electron chi connectivity index (χ1n) is 11.2. The van der Waals surface area contributed by atoms with Gasteiger partial charge in [-0.1, -0.05) is 39.3 Å². The number of carboxylic acid groups (broad SMARTS) is 1. The standard InChI is InChI=1S/C25H30ClFN4O3/c1-14(2)11-19(28)22-20(29-15-5-6-17(26)18(27)12-15)7-8-21(30-22)23(32)31-10-9-16(24(33)34)25(3,4)13-31/h5-8,12,14,16,28-29H,9-11,13H2,1-4H3,(H,33,34). The van der Waals surface area contributed by atoms with Gasteiger partial charge in [0.15, 0.2) is 0 Å². The van der Waals surface area contributed by atoms with Gasteiger partial charge in [-0.05, 0) is 54.5 Å². The highest BCUT2D eigenvalue weighted by Gasteiger charge is 2.42. The lowest BCUT2D eigenvalue weighted by atomic mass is 9.74. The van der Waals surface area contributed by atoms with Crippen LogP contribution >= 0.6 is 11.6 Å². The topological polar surface area (TPSA) is 106 Å². The average Bonchev–Trinajstić information content (AvgIpc) is 2.74. The molecule has 182 valence electrons. The molecule has 0 aliphatic carbocycles. The van der Waals surface area contributed by atoms with Crippen LogP contribution in [0.1, 0.15) is 56.7 Å². The third kappa shape index (κ3) is 5.73. The van der Waals surface area contributed by atoms with Crippen LogP contribution in [-0.2, 0) is 4.79 Å². The first-order valence-corrected chi connectivity index (χ1v) is 11.6. The molecular weight excluding hydrogens is 459 g/mol. The Kier molecular flexibility index (Phi) is 7.60. The highest BCUT2D eigenvalue weighted by molar-refractivity contribution is 6.30. The number of aromatic nitrogens is 1. The summed E-state index contributed by atoms with van der Waals surface area (Å²) in [5.41, 5.74) is 1.10. The summed E-state index contributed by atoms with van der Waals surface area (Å²) in [6, 6.07) is 7.54. The molecule has 0 bridgehead atoms. The van der Waals surface area contributed by atoms with E-state index in [0.29, 0.717) is 43.0 Å². The summed E-state index contributed by atoms with van der Waals surface area (Å²) in [4.78, 5) is 31.0. The van der Waals surface area contributed by atoms with Gasteiger partial charge in [-0.25, -0.2) is 9.37 Å². The van der Waals surface area contributed by atoms with Gasteiger partial charge in [-0.15, -0.1) is 0 Å². The van der Waals surface area contributed by atoms with E-state index in [-0.39, 0.29) is 28.3 Å². The predicted octanol–water partition coefficient (Wildman–Crippen LogP) is 5.60. The number of piperidine rings is 1. The van der Waals surface area contributed by atoms with Gasteiger partial charge in [-0.3, -0.25) is 9.59 Å². The zero-order chi connectivity index (χ0) is 25.2. The highest BCUT2D eigenvalue weighted by Crippen LogP contribution is 2.35. The SMILES string of the molecule is CC(C)CC(=N)c1nc(C(=O)N2CCC(C(=O)O)C(C)(C)C2)ccc1Nc1ccc(Cl)c(F)c1. The van der Waals surface area contributed by atoms with Gasteiger partial charge in [0.1, 0.15) is 17.2 Å². The van der Waals surface area contributed by atoms with E-state index in [1.54, 1.807) is 23.1 Å². The molecule has 0 radical (unpaired) electrons. The van der Waals surface area contributed by atoms with Crippen LogP contribution in [0.4, 0.5) is 15.8 Å². The van der Waals surface area contributed by atoms with Gasteiger partial charge < -0.3 is 20.7 Å². The van der Waals surface area contributed by atoms with E-state index in [1.807, 2.05) is 27.7 Å². The molecule has 1 aromatic heterocycles. The van der Waals surface area contributed by atoms with E-state index in [4.69, 9.17) is 17.0 Å². The van der Waals surface area contributed by atoms with Crippen molar-refractivity contribution in [2.24, 2.45) is 17.3 Å². The number of hydrogen-bond acceptors (Lipinski definition) is 5. The minimum absolute atomic E-state index is 0.00647. The van der Waals surface area contributed by atoms with Gasteiger partial charge in [0.25, 0.3) is 5.91 Å². The lowest BCUT2D eigenvalue weighted by Crippen LogP contribution is -2.50. The second kappa shape index (κ2) is 10.1. The molecule has 3 rings (SSSR count). The fourth-order valence-electron chi connectivity index (χ4n) is 4.29. The van der Waals surface area contributed by atoms with Crippen LogP contribution in [0.15, 0.2) is 30.3 Å². The normalized spacial score (nSPS) is 17.5. The number of aliphatic carboxylic acids is 1. The van der Waals surface area contributed by atoms with Crippen LogP contribution in [0.5, 0.6) is 0 Å². The van der Waals surface area contributed by atoms with Crippen LogP contribution in [0.2, 0.25) is 5.02 Å². The summed E-state index contributed by atoms with van der Waals surface area (Å²) in [6.07, 6.45) is 0.817. The van der Waals surface area contributed by atoms with E-state index in [1.165, 1.54) is 12.1 Å². The van der Waals surface area contributed by atoms with E-state index < -0.39 is 23.1 Å². The number of pyridine rings is 1. The van der Waals surface area contributed by atoms with Gasteiger partial charge in [-0.2, -0.15) is 0 Å². The first kappa shape index (κ1) is 25.6. The molecule has 2 heterocycles. The van der Waals surface area contributed by atoms with Gasteiger partial charge in [0.05, 0.1) is 22.3 Å². The maximum Gasteiger partial charge on any atom is 0.307 e. The molecule has 1 saturated heterocycles. The van der Waals surface area contributed by atoms with Crippen molar-refractivity contribution >= 4 is 40.6 Å². The van der Waals surface area contributed by atoms with Gasteiger partial charge in [0, 0.05) is 18.8 Å². The average molecular weight is 489 g/mol. The Bertz CT molecular complexity index is 1120. The second-order valence-corrected chi connectivity index (χ2v) is 10.2. The molecule has 0 saturated carbocycles. The second-order valence-electron chi connectivity index (χ2n) is 9.82. The summed E-state index contributed by atoms with van der Waals surface area (Å²) in [7, 11) is 0.